The molecule has 1 atom stereocenters. The highest BCUT2D eigenvalue weighted by Crippen LogP contribution is 2.26. The molecule has 102 valence electrons. The van der Waals surface area contributed by atoms with Gasteiger partial charge in [-0.15, -0.1) is 0 Å². The largest absolute Gasteiger partial charge is 0.375 e. The molecule has 0 aliphatic carbocycles. The average molecular weight is 323 g/mol. The maximum absolute atomic E-state index is 5.91. The van der Waals surface area contributed by atoms with Crippen LogP contribution < -0.4 is 11.1 Å². The number of aromatic nitrogens is 2. The van der Waals surface area contributed by atoms with Crippen LogP contribution >= 0.6 is 15.9 Å². The van der Waals surface area contributed by atoms with E-state index in [1.807, 2.05) is 36.8 Å². The van der Waals surface area contributed by atoms with E-state index in [-0.39, 0.29) is 6.04 Å². The van der Waals surface area contributed by atoms with Gasteiger partial charge in [-0.3, -0.25) is 0 Å². The first kappa shape index (κ1) is 14.1. The van der Waals surface area contributed by atoms with Crippen molar-refractivity contribution in [3.8, 4) is 0 Å². The standard InChI is InChI=1S/C14H19BrN4/c1-2-7-19-10-17-9-14(19)13(8-16)18-12-6-4-3-5-11(12)15/h3-6,9-10,13,18H,2,7-8,16H2,1H3. The molecule has 0 bridgehead atoms. The van der Waals surface area contributed by atoms with Crippen molar-refractivity contribution >= 4 is 21.6 Å². The summed E-state index contributed by atoms with van der Waals surface area (Å²) in [6.07, 6.45) is 4.83. The van der Waals surface area contributed by atoms with Gasteiger partial charge in [-0.25, -0.2) is 4.98 Å². The predicted molar refractivity (Wildman–Crippen MR) is 82.1 cm³/mol. The Labute approximate surface area is 122 Å². The van der Waals surface area contributed by atoms with Crippen LogP contribution in [-0.4, -0.2) is 16.1 Å². The van der Waals surface area contributed by atoms with E-state index < -0.39 is 0 Å². The molecule has 0 saturated heterocycles. The summed E-state index contributed by atoms with van der Waals surface area (Å²) in [6.45, 7) is 3.64. The van der Waals surface area contributed by atoms with Crippen molar-refractivity contribution in [2.45, 2.75) is 25.9 Å². The molecule has 0 spiro atoms. The van der Waals surface area contributed by atoms with E-state index in [0.29, 0.717) is 6.54 Å². The molecule has 0 amide bonds. The number of nitrogens with one attached hydrogen (secondary N) is 1. The normalized spacial score (nSPS) is 12.4. The molecule has 3 N–H and O–H groups in total. The Balaban J connectivity index is 2.20. The lowest BCUT2D eigenvalue weighted by Gasteiger charge is -2.20. The summed E-state index contributed by atoms with van der Waals surface area (Å²) < 4.78 is 3.19. The molecule has 5 heteroatoms. The van der Waals surface area contributed by atoms with Gasteiger partial charge in [0.15, 0.2) is 0 Å². The van der Waals surface area contributed by atoms with Crippen LogP contribution in [0.5, 0.6) is 0 Å². The number of hydrogen-bond acceptors (Lipinski definition) is 3. The number of nitrogens with two attached hydrogens (primary N) is 1. The minimum atomic E-state index is 0.0627. The second-order valence-electron chi connectivity index (χ2n) is 4.42. The van der Waals surface area contributed by atoms with Crippen molar-refractivity contribution in [3.05, 3.63) is 47.0 Å². The molecule has 0 aliphatic rings. The maximum atomic E-state index is 5.91. The quantitative estimate of drug-likeness (QED) is 0.858. The highest BCUT2D eigenvalue weighted by atomic mass is 79.9. The number of rotatable bonds is 6. The Bertz CT molecular complexity index is 524. The zero-order chi connectivity index (χ0) is 13.7. The van der Waals surface area contributed by atoms with Crippen LogP contribution in [0.4, 0.5) is 5.69 Å². The second-order valence-corrected chi connectivity index (χ2v) is 5.28. The number of nitrogens with zero attached hydrogens (tertiary/aromatic N) is 2. The van der Waals surface area contributed by atoms with E-state index in [9.17, 15) is 0 Å². The summed E-state index contributed by atoms with van der Waals surface area (Å²) in [4.78, 5) is 4.23. The fourth-order valence-electron chi connectivity index (χ4n) is 2.07. The van der Waals surface area contributed by atoms with Gasteiger partial charge in [-0.05, 0) is 34.5 Å². The zero-order valence-electron chi connectivity index (χ0n) is 11.0. The summed E-state index contributed by atoms with van der Waals surface area (Å²) in [5.41, 5.74) is 8.08. The molecule has 2 aromatic rings. The second kappa shape index (κ2) is 6.73. The first-order valence-corrected chi connectivity index (χ1v) is 7.26. The van der Waals surface area contributed by atoms with Crippen molar-refractivity contribution < 1.29 is 0 Å². The Kier molecular flexibility index (Phi) is 4.99. The molecular weight excluding hydrogens is 304 g/mol. The first-order chi connectivity index (χ1) is 9.26. The van der Waals surface area contributed by atoms with Gasteiger partial charge in [0.2, 0.25) is 0 Å². The molecular formula is C14H19BrN4. The van der Waals surface area contributed by atoms with Gasteiger partial charge in [0.25, 0.3) is 0 Å². The van der Waals surface area contributed by atoms with Crippen LogP contribution in [0.1, 0.15) is 25.1 Å². The number of halogens is 1. The lowest BCUT2D eigenvalue weighted by atomic mass is 10.2. The molecule has 1 unspecified atom stereocenters. The average Bonchev–Trinajstić information content (AvgIpc) is 2.86. The molecule has 0 aliphatic heterocycles. The van der Waals surface area contributed by atoms with Crippen LogP contribution in [-0.2, 0) is 6.54 Å². The number of anilines is 1. The van der Waals surface area contributed by atoms with E-state index in [1.165, 1.54) is 0 Å². The van der Waals surface area contributed by atoms with Gasteiger partial charge < -0.3 is 15.6 Å². The smallest absolute Gasteiger partial charge is 0.0948 e. The molecule has 0 fully saturated rings. The number of para-hydroxylation sites is 1. The Morgan fingerprint density at radius 1 is 1.42 bits per heavy atom. The number of benzene rings is 1. The van der Waals surface area contributed by atoms with Gasteiger partial charge in [-0.2, -0.15) is 0 Å². The van der Waals surface area contributed by atoms with Crippen molar-refractivity contribution in [2.75, 3.05) is 11.9 Å². The fraction of sp³-hybridized carbons (Fsp3) is 0.357. The first-order valence-electron chi connectivity index (χ1n) is 6.47. The van der Waals surface area contributed by atoms with E-state index in [2.05, 4.69) is 37.7 Å². The molecule has 0 saturated carbocycles. The summed E-state index contributed by atoms with van der Waals surface area (Å²) in [7, 11) is 0. The fourth-order valence-corrected chi connectivity index (χ4v) is 2.47. The lowest BCUT2D eigenvalue weighted by molar-refractivity contribution is 0.613. The highest BCUT2D eigenvalue weighted by Gasteiger charge is 2.15. The van der Waals surface area contributed by atoms with Crippen molar-refractivity contribution in [2.24, 2.45) is 5.73 Å². The van der Waals surface area contributed by atoms with Gasteiger partial charge in [0, 0.05) is 23.2 Å². The zero-order valence-corrected chi connectivity index (χ0v) is 12.6. The summed E-state index contributed by atoms with van der Waals surface area (Å²) in [5, 5.41) is 3.47. The minimum Gasteiger partial charge on any atom is -0.375 e. The van der Waals surface area contributed by atoms with E-state index in [4.69, 9.17) is 5.73 Å². The number of hydrogen-bond donors (Lipinski definition) is 2. The number of aryl methyl sites for hydroxylation is 1. The monoisotopic (exact) mass is 322 g/mol. The molecule has 1 heterocycles. The van der Waals surface area contributed by atoms with E-state index in [0.717, 1.165) is 28.8 Å². The SMILES string of the molecule is CCCn1cncc1C(CN)Nc1ccccc1Br. The molecule has 2 rings (SSSR count). The van der Waals surface area contributed by atoms with Crippen LogP contribution in [0.3, 0.4) is 0 Å². The molecule has 1 aromatic carbocycles. The minimum absolute atomic E-state index is 0.0627. The van der Waals surface area contributed by atoms with Crippen LogP contribution in [0.2, 0.25) is 0 Å². The molecule has 1 aromatic heterocycles. The summed E-state index contributed by atoms with van der Waals surface area (Å²) in [5.74, 6) is 0. The van der Waals surface area contributed by atoms with E-state index in [1.54, 1.807) is 0 Å². The van der Waals surface area contributed by atoms with Crippen LogP contribution in [0.15, 0.2) is 41.3 Å². The predicted octanol–water partition coefficient (Wildman–Crippen LogP) is 3.17. The van der Waals surface area contributed by atoms with Gasteiger partial charge in [-0.1, -0.05) is 19.1 Å². The van der Waals surface area contributed by atoms with Crippen molar-refractivity contribution in [1.82, 2.24) is 9.55 Å². The Morgan fingerprint density at radius 2 is 2.21 bits per heavy atom. The lowest BCUT2D eigenvalue weighted by Crippen LogP contribution is -2.23. The van der Waals surface area contributed by atoms with Crippen LogP contribution in [0.25, 0.3) is 0 Å². The van der Waals surface area contributed by atoms with Gasteiger partial charge >= 0.3 is 0 Å². The van der Waals surface area contributed by atoms with E-state index >= 15 is 0 Å². The van der Waals surface area contributed by atoms with Crippen LogP contribution in [0, 0.1) is 0 Å². The highest BCUT2D eigenvalue weighted by molar-refractivity contribution is 9.10. The Hall–Kier alpha value is -1.33. The van der Waals surface area contributed by atoms with Gasteiger partial charge in [0.1, 0.15) is 0 Å². The van der Waals surface area contributed by atoms with Crippen molar-refractivity contribution in [1.29, 1.82) is 0 Å². The maximum Gasteiger partial charge on any atom is 0.0948 e. The molecule has 4 nitrogen and oxygen atoms in total. The van der Waals surface area contributed by atoms with Gasteiger partial charge in [0.05, 0.1) is 24.3 Å². The summed E-state index contributed by atoms with van der Waals surface area (Å²) in [6, 6.07) is 8.11. The third kappa shape index (κ3) is 3.36. The Morgan fingerprint density at radius 3 is 2.89 bits per heavy atom. The third-order valence-corrected chi connectivity index (χ3v) is 3.70. The topological polar surface area (TPSA) is 55.9 Å². The van der Waals surface area contributed by atoms with Crippen molar-refractivity contribution in [3.63, 3.8) is 0 Å². The third-order valence-electron chi connectivity index (χ3n) is 3.01. The molecule has 19 heavy (non-hydrogen) atoms. The molecule has 0 radical (unpaired) electrons. The number of imidazole rings is 1. The summed E-state index contributed by atoms with van der Waals surface area (Å²) >= 11 is 3.54.